The van der Waals surface area contributed by atoms with Crippen LogP contribution in [0.5, 0.6) is 0 Å². The van der Waals surface area contributed by atoms with Crippen molar-refractivity contribution in [2.45, 2.75) is 19.5 Å². The lowest BCUT2D eigenvalue weighted by Gasteiger charge is -2.18. The number of hydrogen-bond donors (Lipinski definition) is 3. The summed E-state index contributed by atoms with van der Waals surface area (Å²) in [5, 5.41) is 5.59. The molecule has 0 radical (unpaired) electrons. The minimum Gasteiger partial charge on any atom is -0.334 e. The summed E-state index contributed by atoms with van der Waals surface area (Å²) >= 11 is 0. The van der Waals surface area contributed by atoms with Crippen LogP contribution in [0, 0.1) is 0 Å². The number of rotatable bonds is 6. The molecule has 2 aromatic carbocycles. The van der Waals surface area contributed by atoms with Gasteiger partial charge in [0.05, 0.1) is 18.0 Å². The van der Waals surface area contributed by atoms with Crippen LogP contribution in [0.3, 0.4) is 0 Å². The summed E-state index contributed by atoms with van der Waals surface area (Å²) in [5.74, 6) is 0. The van der Waals surface area contributed by atoms with Crippen molar-refractivity contribution in [2.75, 3.05) is 11.0 Å². The maximum Gasteiger partial charge on any atom is 0.315 e. The van der Waals surface area contributed by atoms with E-state index in [-0.39, 0.29) is 12.1 Å². The molecule has 2 rings (SSSR count). The number of amides is 2. The molecule has 0 saturated carbocycles. The predicted molar refractivity (Wildman–Crippen MR) is 95.1 cm³/mol. The summed E-state index contributed by atoms with van der Waals surface area (Å²) < 4.78 is 25.4. The molecule has 0 bridgehead atoms. The van der Waals surface area contributed by atoms with Crippen LogP contribution in [0.2, 0.25) is 0 Å². The second-order valence-electron chi connectivity index (χ2n) is 5.50. The van der Waals surface area contributed by atoms with Crippen molar-refractivity contribution in [3.63, 3.8) is 0 Å². The Morgan fingerprint density at radius 3 is 2.33 bits per heavy atom. The van der Waals surface area contributed by atoms with Crippen LogP contribution in [0.15, 0.2) is 54.6 Å². The number of benzene rings is 2. The molecule has 7 heteroatoms. The Balaban J connectivity index is 1.99. The van der Waals surface area contributed by atoms with Gasteiger partial charge in [-0.25, -0.2) is 13.2 Å². The topological polar surface area (TPSA) is 87.3 Å². The number of nitrogens with one attached hydrogen (secondary N) is 3. The molecule has 0 aliphatic heterocycles. The quantitative estimate of drug-likeness (QED) is 0.751. The van der Waals surface area contributed by atoms with Crippen molar-refractivity contribution < 1.29 is 13.2 Å². The van der Waals surface area contributed by atoms with Gasteiger partial charge in [0, 0.05) is 6.54 Å². The fourth-order valence-corrected chi connectivity index (χ4v) is 2.86. The summed E-state index contributed by atoms with van der Waals surface area (Å²) in [6.45, 7) is 2.22. The Morgan fingerprint density at radius 1 is 1.04 bits per heavy atom. The molecule has 1 atom stereocenters. The number of anilines is 1. The highest BCUT2D eigenvalue weighted by Crippen LogP contribution is 2.23. The van der Waals surface area contributed by atoms with Crippen LogP contribution >= 0.6 is 0 Å². The lowest BCUT2D eigenvalue weighted by atomic mass is 10.1. The first-order valence-electron chi connectivity index (χ1n) is 7.50. The molecule has 24 heavy (non-hydrogen) atoms. The molecule has 6 nitrogen and oxygen atoms in total. The van der Waals surface area contributed by atoms with Crippen molar-refractivity contribution >= 4 is 21.7 Å². The molecular formula is C17H21N3O3S. The largest absolute Gasteiger partial charge is 0.334 e. The van der Waals surface area contributed by atoms with Gasteiger partial charge in [-0.3, -0.25) is 4.72 Å². The van der Waals surface area contributed by atoms with E-state index in [0.29, 0.717) is 17.8 Å². The minimum absolute atomic E-state index is 0.319. The Labute approximate surface area is 142 Å². The molecule has 0 aliphatic rings. The van der Waals surface area contributed by atoms with Crippen molar-refractivity contribution in [1.29, 1.82) is 0 Å². The summed E-state index contributed by atoms with van der Waals surface area (Å²) in [5.41, 5.74) is 2.15. The second-order valence-corrected chi connectivity index (χ2v) is 7.24. The standard InChI is InChI=1S/C17H21N3O3S/c1-13(15-10-6-7-11-16(15)20-24(2,22)23)19-17(21)18-12-14-8-4-3-5-9-14/h3-11,13,20H,12H2,1-2H3,(H2,18,19,21)/t13-/m1/s1. The third-order valence-electron chi connectivity index (χ3n) is 3.37. The van der Waals surface area contributed by atoms with Crippen molar-refractivity contribution in [3.05, 3.63) is 65.7 Å². The molecule has 0 aliphatic carbocycles. The van der Waals surface area contributed by atoms with Crippen LogP contribution in [0.25, 0.3) is 0 Å². The highest BCUT2D eigenvalue weighted by molar-refractivity contribution is 7.92. The van der Waals surface area contributed by atoms with E-state index < -0.39 is 10.0 Å². The molecule has 0 aromatic heterocycles. The monoisotopic (exact) mass is 347 g/mol. The Kier molecular flexibility index (Phi) is 5.81. The van der Waals surface area contributed by atoms with E-state index in [2.05, 4.69) is 15.4 Å². The van der Waals surface area contributed by atoms with E-state index in [9.17, 15) is 13.2 Å². The molecule has 128 valence electrons. The Hall–Kier alpha value is -2.54. The lowest BCUT2D eigenvalue weighted by Crippen LogP contribution is -2.36. The maximum atomic E-state index is 12.0. The van der Waals surface area contributed by atoms with Crippen LogP contribution < -0.4 is 15.4 Å². The minimum atomic E-state index is -3.39. The zero-order chi connectivity index (χ0) is 17.6. The van der Waals surface area contributed by atoms with E-state index in [4.69, 9.17) is 0 Å². The fourth-order valence-electron chi connectivity index (χ4n) is 2.27. The molecule has 3 N–H and O–H groups in total. The second kappa shape index (κ2) is 7.83. The smallest absolute Gasteiger partial charge is 0.315 e. The van der Waals surface area contributed by atoms with Crippen LogP contribution in [0.1, 0.15) is 24.1 Å². The van der Waals surface area contributed by atoms with E-state index in [1.165, 1.54) is 0 Å². The molecule has 2 amide bonds. The van der Waals surface area contributed by atoms with Gasteiger partial charge in [-0.15, -0.1) is 0 Å². The SMILES string of the molecule is C[C@@H](NC(=O)NCc1ccccc1)c1ccccc1NS(C)(=O)=O. The molecule has 0 spiro atoms. The summed E-state index contributed by atoms with van der Waals surface area (Å²) in [6, 6.07) is 15.9. The predicted octanol–water partition coefficient (Wildman–Crippen LogP) is 2.62. The van der Waals surface area contributed by atoms with Crippen LogP contribution in [-0.2, 0) is 16.6 Å². The molecule has 2 aromatic rings. The summed E-state index contributed by atoms with van der Waals surface area (Å²) in [6.07, 6.45) is 1.09. The lowest BCUT2D eigenvalue weighted by molar-refractivity contribution is 0.237. The average molecular weight is 347 g/mol. The summed E-state index contributed by atoms with van der Waals surface area (Å²) in [4.78, 5) is 12.0. The van der Waals surface area contributed by atoms with Crippen molar-refractivity contribution in [3.8, 4) is 0 Å². The normalized spacial score (nSPS) is 12.2. The van der Waals surface area contributed by atoms with Crippen LogP contribution in [0.4, 0.5) is 10.5 Å². The molecular weight excluding hydrogens is 326 g/mol. The number of hydrogen-bond acceptors (Lipinski definition) is 3. The molecule has 0 fully saturated rings. The van der Waals surface area contributed by atoms with Gasteiger partial charge in [-0.1, -0.05) is 48.5 Å². The van der Waals surface area contributed by atoms with Gasteiger partial charge in [0.15, 0.2) is 0 Å². The van der Waals surface area contributed by atoms with Gasteiger partial charge in [0.25, 0.3) is 0 Å². The number of carbonyl (C=O) groups excluding carboxylic acids is 1. The van der Waals surface area contributed by atoms with Crippen molar-refractivity contribution in [1.82, 2.24) is 10.6 Å². The first-order chi connectivity index (χ1) is 11.3. The Morgan fingerprint density at radius 2 is 1.67 bits per heavy atom. The number of sulfonamides is 1. The zero-order valence-electron chi connectivity index (χ0n) is 13.6. The van der Waals surface area contributed by atoms with Gasteiger partial charge in [0.2, 0.25) is 10.0 Å². The number of carbonyl (C=O) groups is 1. The number of para-hydroxylation sites is 1. The third kappa shape index (κ3) is 5.58. The van der Waals surface area contributed by atoms with E-state index >= 15 is 0 Å². The van der Waals surface area contributed by atoms with Gasteiger partial charge in [-0.2, -0.15) is 0 Å². The third-order valence-corrected chi connectivity index (χ3v) is 3.96. The molecule has 0 unspecified atom stereocenters. The average Bonchev–Trinajstić information content (AvgIpc) is 2.53. The van der Waals surface area contributed by atoms with E-state index in [1.807, 2.05) is 30.3 Å². The van der Waals surface area contributed by atoms with Gasteiger partial charge in [0.1, 0.15) is 0 Å². The van der Waals surface area contributed by atoms with Gasteiger partial charge in [-0.05, 0) is 24.1 Å². The zero-order valence-corrected chi connectivity index (χ0v) is 14.4. The number of urea groups is 1. The maximum absolute atomic E-state index is 12.0. The van der Waals surface area contributed by atoms with E-state index in [0.717, 1.165) is 11.8 Å². The van der Waals surface area contributed by atoms with E-state index in [1.54, 1.807) is 31.2 Å². The van der Waals surface area contributed by atoms with Gasteiger partial charge < -0.3 is 10.6 Å². The molecule has 0 saturated heterocycles. The van der Waals surface area contributed by atoms with Crippen molar-refractivity contribution in [2.24, 2.45) is 0 Å². The first kappa shape index (κ1) is 17.8. The summed E-state index contributed by atoms with van der Waals surface area (Å²) in [7, 11) is -3.39. The van der Waals surface area contributed by atoms with Crippen LogP contribution in [-0.4, -0.2) is 20.7 Å². The van der Waals surface area contributed by atoms with Gasteiger partial charge >= 0.3 is 6.03 Å². The highest BCUT2D eigenvalue weighted by Gasteiger charge is 2.14. The fraction of sp³-hybridized carbons (Fsp3) is 0.235. The Bertz CT molecular complexity index is 792. The first-order valence-corrected chi connectivity index (χ1v) is 9.39. The molecule has 0 heterocycles. The highest BCUT2D eigenvalue weighted by atomic mass is 32.2.